The zero-order valence-electron chi connectivity index (χ0n) is 10.4. The molecule has 0 aromatic rings. The number of β-amino-alcohol motifs (C(OH)–C–C–N with tert-alkyl or cyclic N) is 1. The maximum Gasteiger partial charge on any atom is 0.0558 e. The molecule has 1 N–H and O–H groups in total. The molecule has 0 saturated carbocycles. The van der Waals surface area contributed by atoms with Gasteiger partial charge in [-0.2, -0.15) is 0 Å². The first-order chi connectivity index (χ1) is 7.13. The number of hydrogen-bond donors (Lipinski definition) is 1. The summed E-state index contributed by atoms with van der Waals surface area (Å²) in [6, 6.07) is 0.643. The van der Waals surface area contributed by atoms with Crippen LogP contribution in [0.2, 0.25) is 0 Å². The molecule has 0 unspecified atom stereocenters. The molecule has 15 heavy (non-hydrogen) atoms. The Morgan fingerprint density at radius 2 is 2.00 bits per heavy atom. The van der Waals surface area contributed by atoms with Crippen LogP contribution in [-0.4, -0.2) is 60.3 Å². The van der Waals surface area contributed by atoms with Crippen LogP contribution in [0.25, 0.3) is 0 Å². The van der Waals surface area contributed by atoms with Crippen LogP contribution < -0.4 is 0 Å². The van der Waals surface area contributed by atoms with Crippen molar-refractivity contribution in [2.24, 2.45) is 5.92 Å². The van der Waals surface area contributed by atoms with Gasteiger partial charge in [0, 0.05) is 32.2 Å². The number of piperazine rings is 1. The summed E-state index contributed by atoms with van der Waals surface area (Å²) >= 11 is 0. The average Bonchev–Trinajstić information content (AvgIpc) is 2.17. The van der Waals surface area contributed by atoms with Gasteiger partial charge in [0.05, 0.1) is 6.61 Å². The minimum atomic E-state index is 0.290. The summed E-state index contributed by atoms with van der Waals surface area (Å²) in [5, 5.41) is 8.89. The van der Waals surface area contributed by atoms with Gasteiger partial charge in [0.1, 0.15) is 0 Å². The van der Waals surface area contributed by atoms with Gasteiger partial charge < -0.3 is 5.11 Å². The molecule has 3 heteroatoms. The van der Waals surface area contributed by atoms with E-state index in [1.165, 1.54) is 13.0 Å². The van der Waals surface area contributed by atoms with E-state index in [1.54, 1.807) is 0 Å². The summed E-state index contributed by atoms with van der Waals surface area (Å²) in [6.45, 7) is 12.6. The van der Waals surface area contributed by atoms with Crippen molar-refractivity contribution < 1.29 is 5.11 Å². The van der Waals surface area contributed by atoms with Crippen LogP contribution in [0.15, 0.2) is 0 Å². The summed E-state index contributed by atoms with van der Waals surface area (Å²) in [4.78, 5) is 4.93. The van der Waals surface area contributed by atoms with E-state index >= 15 is 0 Å². The van der Waals surface area contributed by atoms with Gasteiger partial charge in [0.25, 0.3) is 0 Å². The van der Waals surface area contributed by atoms with Gasteiger partial charge in [-0.15, -0.1) is 0 Å². The Kier molecular flexibility index (Phi) is 5.58. The molecule has 0 aromatic heterocycles. The minimum Gasteiger partial charge on any atom is -0.395 e. The Morgan fingerprint density at radius 1 is 1.27 bits per heavy atom. The molecule has 1 fully saturated rings. The van der Waals surface area contributed by atoms with E-state index in [0.717, 1.165) is 32.1 Å². The quantitative estimate of drug-likeness (QED) is 0.740. The molecule has 1 heterocycles. The Balaban J connectivity index is 2.26. The molecule has 1 rings (SSSR count). The highest BCUT2D eigenvalue weighted by molar-refractivity contribution is 4.78. The molecule has 0 amide bonds. The molecule has 1 atom stereocenters. The van der Waals surface area contributed by atoms with Gasteiger partial charge in [-0.3, -0.25) is 9.80 Å². The molecule has 1 aliphatic rings. The molecule has 0 radical (unpaired) electrons. The first kappa shape index (κ1) is 12.9. The van der Waals surface area contributed by atoms with Crippen molar-refractivity contribution in [1.29, 1.82) is 0 Å². The van der Waals surface area contributed by atoms with Crippen molar-refractivity contribution in [2.75, 3.05) is 39.3 Å². The largest absolute Gasteiger partial charge is 0.395 e. The van der Waals surface area contributed by atoms with Crippen molar-refractivity contribution in [3.8, 4) is 0 Å². The Morgan fingerprint density at radius 3 is 2.53 bits per heavy atom. The van der Waals surface area contributed by atoms with Gasteiger partial charge in [-0.25, -0.2) is 0 Å². The fourth-order valence-electron chi connectivity index (χ4n) is 2.17. The first-order valence-electron chi connectivity index (χ1n) is 6.20. The standard InChI is InChI=1S/C12H26N2O/c1-11(2)4-5-14-7-6-13(8-9-15)10-12(14)3/h11-12,15H,4-10H2,1-3H3/t12-/m1/s1. The van der Waals surface area contributed by atoms with E-state index in [0.29, 0.717) is 12.6 Å². The van der Waals surface area contributed by atoms with E-state index < -0.39 is 0 Å². The van der Waals surface area contributed by atoms with E-state index in [1.807, 2.05) is 0 Å². The molecule has 0 bridgehead atoms. The van der Waals surface area contributed by atoms with Crippen LogP contribution in [0.1, 0.15) is 27.2 Å². The zero-order valence-corrected chi connectivity index (χ0v) is 10.4. The van der Waals surface area contributed by atoms with Crippen LogP contribution in [0.4, 0.5) is 0 Å². The third-order valence-corrected chi connectivity index (χ3v) is 3.26. The van der Waals surface area contributed by atoms with Crippen LogP contribution in [0.3, 0.4) is 0 Å². The lowest BCUT2D eigenvalue weighted by molar-refractivity contribution is 0.0685. The smallest absolute Gasteiger partial charge is 0.0558 e. The molecule has 90 valence electrons. The lowest BCUT2D eigenvalue weighted by Crippen LogP contribution is -2.52. The number of rotatable bonds is 5. The van der Waals surface area contributed by atoms with Crippen molar-refractivity contribution in [3.05, 3.63) is 0 Å². The fraction of sp³-hybridized carbons (Fsp3) is 1.00. The Bertz CT molecular complexity index is 173. The molecule has 0 aromatic carbocycles. The Hall–Kier alpha value is -0.120. The maximum atomic E-state index is 8.89. The number of hydrogen-bond acceptors (Lipinski definition) is 3. The van der Waals surface area contributed by atoms with Crippen LogP contribution in [0.5, 0.6) is 0 Å². The molecular formula is C12H26N2O. The molecule has 1 saturated heterocycles. The monoisotopic (exact) mass is 214 g/mol. The van der Waals surface area contributed by atoms with E-state index in [2.05, 4.69) is 30.6 Å². The molecule has 0 spiro atoms. The van der Waals surface area contributed by atoms with Gasteiger partial charge in [0.15, 0.2) is 0 Å². The highest BCUT2D eigenvalue weighted by Crippen LogP contribution is 2.11. The van der Waals surface area contributed by atoms with E-state index in [-0.39, 0.29) is 0 Å². The molecular weight excluding hydrogens is 188 g/mol. The third-order valence-electron chi connectivity index (χ3n) is 3.26. The van der Waals surface area contributed by atoms with Crippen molar-refractivity contribution in [2.45, 2.75) is 33.2 Å². The maximum absolute atomic E-state index is 8.89. The van der Waals surface area contributed by atoms with Gasteiger partial charge in [-0.1, -0.05) is 13.8 Å². The molecule has 3 nitrogen and oxygen atoms in total. The molecule has 0 aliphatic carbocycles. The topological polar surface area (TPSA) is 26.7 Å². The first-order valence-corrected chi connectivity index (χ1v) is 6.20. The second-order valence-electron chi connectivity index (χ2n) is 5.09. The van der Waals surface area contributed by atoms with E-state index in [9.17, 15) is 0 Å². The summed E-state index contributed by atoms with van der Waals surface area (Å²) in [7, 11) is 0. The van der Waals surface area contributed by atoms with Crippen LogP contribution in [-0.2, 0) is 0 Å². The number of nitrogens with zero attached hydrogens (tertiary/aromatic N) is 2. The summed E-state index contributed by atoms with van der Waals surface area (Å²) < 4.78 is 0. The van der Waals surface area contributed by atoms with Crippen molar-refractivity contribution in [1.82, 2.24) is 9.80 Å². The highest BCUT2D eigenvalue weighted by atomic mass is 16.3. The van der Waals surface area contributed by atoms with Gasteiger partial charge >= 0.3 is 0 Å². The lowest BCUT2D eigenvalue weighted by atomic mass is 10.1. The SMILES string of the molecule is CC(C)CCN1CCN(CCO)C[C@H]1C. The average molecular weight is 214 g/mol. The number of aliphatic hydroxyl groups is 1. The lowest BCUT2D eigenvalue weighted by Gasteiger charge is -2.40. The molecule has 1 aliphatic heterocycles. The fourth-order valence-corrected chi connectivity index (χ4v) is 2.17. The predicted molar refractivity (Wildman–Crippen MR) is 64.0 cm³/mol. The third kappa shape index (κ3) is 4.49. The summed E-state index contributed by atoms with van der Waals surface area (Å²) in [5.74, 6) is 0.799. The summed E-state index contributed by atoms with van der Waals surface area (Å²) in [5.41, 5.74) is 0. The highest BCUT2D eigenvalue weighted by Gasteiger charge is 2.22. The number of aliphatic hydroxyl groups excluding tert-OH is 1. The normalized spacial score (nSPS) is 25.0. The van der Waals surface area contributed by atoms with Crippen LogP contribution >= 0.6 is 0 Å². The predicted octanol–water partition coefficient (Wildman–Crippen LogP) is 1.03. The van der Waals surface area contributed by atoms with Crippen LogP contribution in [0, 0.1) is 5.92 Å². The second kappa shape index (κ2) is 6.46. The zero-order chi connectivity index (χ0) is 11.3. The van der Waals surface area contributed by atoms with Crippen molar-refractivity contribution >= 4 is 0 Å². The van der Waals surface area contributed by atoms with Gasteiger partial charge in [0.2, 0.25) is 0 Å². The van der Waals surface area contributed by atoms with Gasteiger partial charge in [-0.05, 0) is 25.8 Å². The van der Waals surface area contributed by atoms with Crippen molar-refractivity contribution in [3.63, 3.8) is 0 Å². The Labute approximate surface area is 94.1 Å². The summed E-state index contributed by atoms with van der Waals surface area (Å²) in [6.07, 6.45) is 1.30. The minimum absolute atomic E-state index is 0.290. The van der Waals surface area contributed by atoms with E-state index in [4.69, 9.17) is 5.11 Å². The second-order valence-corrected chi connectivity index (χ2v) is 5.09.